The van der Waals surface area contributed by atoms with Gasteiger partial charge < -0.3 is 9.52 Å². The van der Waals surface area contributed by atoms with Gasteiger partial charge in [0.25, 0.3) is 0 Å². The van der Waals surface area contributed by atoms with Gasteiger partial charge in [0.15, 0.2) is 9.84 Å². The first-order chi connectivity index (χ1) is 7.77. The number of carboxylic acid groups (broad SMARTS) is 1. The van der Waals surface area contributed by atoms with Crippen LogP contribution in [0, 0.1) is 6.92 Å². The summed E-state index contributed by atoms with van der Waals surface area (Å²) in [6.07, 6.45) is 0.522. The van der Waals surface area contributed by atoms with Crippen LogP contribution in [-0.4, -0.2) is 24.7 Å². The maximum atomic E-state index is 11.8. The van der Waals surface area contributed by atoms with Crippen LogP contribution in [0.1, 0.15) is 42.1 Å². The van der Waals surface area contributed by atoms with Crippen molar-refractivity contribution in [2.24, 2.45) is 0 Å². The van der Waals surface area contributed by atoms with Crippen molar-refractivity contribution in [2.45, 2.75) is 38.2 Å². The second-order valence-corrected chi connectivity index (χ2v) is 6.43. The molecule has 1 rings (SSSR count). The number of hydrogen-bond donors (Lipinski definition) is 1. The van der Waals surface area contributed by atoms with E-state index < -0.39 is 21.1 Å². The smallest absolute Gasteiger partial charge is 0.339 e. The summed E-state index contributed by atoms with van der Waals surface area (Å²) in [5.74, 6) is -0.957. The number of carboxylic acids is 1. The van der Waals surface area contributed by atoms with Crippen molar-refractivity contribution < 1.29 is 22.7 Å². The summed E-state index contributed by atoms with van der Waals surface area (Å²) in [5, 5.41) is 8.37. The summed E-state index contributed by atoms with van der Waals surface area (Å²) in [6.45, 7) is 4.92. The van der Waals surface area contributed by atoms with Crippen LogP contribution in [0.2, 0.25) is 0 Å². The molecule has 0 saturated carbocycles. The van der Waals surface area contributed by atoms with Gasteiger partial charge in [-0.15, -0.1) is 0 Å². The standard InChI is InChI=1S/C11H16O5S/c1-4-7(2)17(14,15)6-9-5-10(11(12)13)8(3)16-9/h5,7H,4,6H2,1-3H3,(H,12,13). The van der Waals surface area contributed by atoms with Crippen LogP contribution in [-0.2, 0) is 15.6 Å². The fourth-order valence-corrected chi connectivity index (χ4v) is 2.75. The highest BCUT2D eigenvalue weighted by molar-refractivity contribution is 7.91. The maximum Gasteiger partial charge on any atom is 0.339 e. The third-order valence-electron chi connectivity index (χ3n) is 2.73. The summed E-state index contributed by atoms with van der Waals surface area (Å²) in [7, 11) is -3.28. The second kappa shape index (κ2) is 4.91. The zero-order valence-corrected chi connectivity index (χ0v) is 10.9. The first-order valence-corrected chi connectivity index (χ1v) is 7.03. The molecule has 5 nitrogen and oxygen atoms in total. The minimum Gasteiger partial charge on any atom is -0.478 e. The molecule has 1 unspecified atom stereocenters. The van der Waals surface area contributed by atoms with Gasteiger partial charge in [0.1, 0.15) is 22.8 Å². The monoisotopic (exact) mass is 260 g/mol. The predicted molar refractivity (Wildman–Crippen MR) is 62.8 cm³/mol. The number of aromatic carboxylic acids is 1. The van der Waals surface area contributed by atoms with Crippen LogP contribution in [0.15, 0.2) is 10.5 Å². The molecule has 0 aromatic carbocycles. The van der Waals surface area contributed by atoms with Crippen molar-refractivity contribution in [3.63, 3.8) is 0 Å². The molecule has 0 spiro atoms. The lowest BCUT2D eigenvalue weighted by molar-refractivity contribution is 0.0695. The molecule has 0 aliphatic carbocycles. The number of sulfone groups is 1. The molecule has 0 saturated heterocycles. The normalized spacial score (nSPS) is 13.6. The van der Waals surface area contributed by atoms with E-state index >= 15 is 0 Å². The maximum absolute atomic E-state index is 11.8. The molecule has 96 valence electrons. The van der Waals surface area contributed by atoms with Crippen molar-refractivity contribution >= 4 is 15.8 Å². The molecule has 0 bridgehead atoms. The van der Waals surface area contributed by atoms with E-state index in [0.29, 0.717) is 6.42 Å². The van der Waals surface area contributed by atoms with Crippen LogP contribution in [0.5, 0.6) is 0 Å². The van der Waals surface area contributed by atoms with Crippen LogP contribution >= 0.6 is 0 Å². The second-order valence-electron chi connectivity index (χ2n) is 4.01. The average molecular weight is 260 g/mol. The highest BCUT2D eigenvalue weighted by atomic mass is 32.2. The van der Waals surface area contributed by atoms with Crippen molar-refractivity contribution in [3.8, 4) is 0 Å². The third-order valence-corrected chi connectivity index (χ3v) is 4.98. The highest BCUT2D eigenvalue weighted by Gasteiger charge is 2.23. The van der Waals surface area contributed by atoms with Crippen molar-refractivity contribution in [3.05, 3.63) is 23.2 Å². The Bertz CT molecular complexity index is 512. The summed E-state index contributed by atoms with van der Waals surface area (Å²) in [6, 6.07) is 1.28. The van der Waals surface area contributed by atoms with E-state index in [4.69, 9.17) is 9.52 Å². The third kappa shape index (κ3) is 3.09. The first-order valence-electron chi connectivity index (χ1n) is 5.32. The van der Waals surface area contributed by atoms with Gasteiger partial charge in [-0.1, -0.05) is 6.92 Å². The van der Waals surface area contributed by atoms with Crippen LogP contribution < -0.4 is 0 Å². The lowest BCUT2D eigenvalue weighted by atomic mass is 10.2. The van der Waals surface area contributed by atoms with Gasteiger partial charge in [0.05, 0.1) is 5.25 Å². The van der Waals surface area contributed by atoms with E-state index in [1.165, 1.54) is 13.0 Å². The van der Waals surface area contributed by atoms with Crippen molar-refractivity contribution in [1.29, 1.82) is 0 Å². The molecular formula is C11H16O5S. The van der Waals surface area contributed by atoms with Crippen LogP contribution in [0.3, 0.4) is 0 Å². The Balaban J connectivity index is 2.97. The molecule has 1 N–H and O–H groups in total. The van der Waals surface area contributed by atoms with Crippen molar-refractivity contribution in [1.82, 2.24) is 0 Å². The Labute approximate surface area is 100 Å². The van der Waals surface area contributed by atoms with Gasteiger partial charge in [-0.2, -0.15) is 0 Å². The molecule has 1 atom stereocenters. The van der Waals surface area contributed by atoms with Crippen molar-refractivity contribution in [2.75, 3.05) is 0 Å². The Hall–Kier alpha value is -1.30. The average Bonchev–Trinajstić information content (AvgIpc) is 2.57. The molecule has 0 radical (unpaired) electrons. The lowest BCUT2D eigenvalue weighted by Crippen LogP contribution is -2.18. The van der Waals surface area contributed by atoms with E-state index in [1.54, 1.807) is 13.8 Å². The molecule has 0 amide bonds. The zero-order valence-electron chi connectivity index (χ0n) is 10.1. The number of rotatable bonds is 5. The lowest BCUT2D eigenvalue weighted by Gasteiger charge is -2.08. The molecule has 1 aromatic rings. The predicted octanol–water partition coefficient (Wildman–Crippen LogP) is 2.00. The Kier molecular flexibility index (Phi) is 3.98. The van der Waals surface area contributed by atoms with E-state index in [0.717, 1.165) is 0 Å². The quantitative estimate of drug-likeness (QED) is 0.875. The number of furan rings is 1. The van der Waals surface area contributed by atoms with Gasteiger partial charge >= 0.3 is 5.97 Å². The molecule has 1 heterocycles. The number of aryl methyl sites for hydroxylation is 1. The highest BCUT2D eigenvalue weighted by Crippen LogP contribution is 2.19. The summed E-state index contributed by atoms with van der Waals surface area (Å²) >= 11 is 0. The van der Waals surface area contributed by atoms with Gasteiger partial charge in [0, 0.05) is 0 Å². The van der Waals surface area contributed by atoms with Gasteiger partial charge in [-0.05, 0) is 26.3 Å². The molecule has 0 aliphatic heterocycles. The van der Waals surface area contributed by atoms with E-state index in [9.17, 15) is 13.2 Å². The zero-order chi connectivity index (χ0) is 13.2. The van der Waals surface area contributed by atoms with E-state index in [2.05, 4.69) is 0 Å². The molecule has 17 heavy (non-hydrogen) atoms. The summed E-state index contributed by atoms with van der Waals surface area (Å²) in [5.41, 5.74) is 0.0133. The largest absolute Gasteiger partial charge is 0.478 e. The van der Waals surface area contributed by atoms with Gasteiger partial charge in [-0.25, -0.2) is 13.2 Å². The van der Waals surface area contributed by atoms with Crippen LogP contribution in [0.4, 0.5) is 0 Å². The first kappa shape index (κ1) is 13.8. The SMILES string of the molecule is CCC(C)S(=O)(=O)Cc1cc(C(=O)O)c(C)o1. The molecular weight excluding hydrogens is 244 g/mol. The minimum absolute atomic E-state index is 0.0133. The molecule has 1 aromatic heterocycles. The minimum atomic E-state index is -3.28. The molecule has 6 heteroatoms. The van der Waals surface area contributed by atoms with E-state index in [1.807, 2.05) is 0 Å². The molecule has 0 fully saturated rings. The Morgan fingerprint density at radius 1 is 1.53 bits per heavy atom. The summed E-state index contributed by atoms with van der Waals surface area (Å²) < 4.78 is 28.8. The number of hydrogen-bond acceptors (Lipinski definition) is 4. The number of carbonyl (C=O) groups is 1. The fourth-order valence-electron chi connectivity index (χ4n) is 1.42. The molecule has 0 aliphatic rings. The van der Waals surface area contributed by atoms with E-state index in [-0.39, 0.29) is 22.8 Å². The summed E-state index contributed by atoms with van der Waals surface area (Å²) in [4.78, 5) is 10.8. The Morgan fingerprint density at radius 2 is 2.12 bits per heavy atom. The fraction of sp³-hybridized carbons (Fsp3) is 0.545. The van der Waals surface area contributed by atoms with Crippen LogP contribution in [0.25, 0.3) is 0 Å². The van der Waals surface area contributed by atoms with Gasteiger partial charge in [0.2, 0.25) is 0 Å². The topological polar surface area (TPSA) is 84.6 Å². The van der Waals surface area contributed by atoms with Gasteiger partial charge in [-0.3, -0.25) is 0 Å². The Morgan fingerprint density at radius 3 is 2.53 bits per heavy atom.